The minimum Gasteiger partial charge on any atom is -0.493 e. The van der Waals surface area contributed by atoms with Crippen LogP contribution in [0.25, 0.3) is 40.0 Å². The maximum atomic E-state index is 15.0. The van der Waals surface area contributed by atoms with Crippen LogP contribution in [0.1, 0.15) is 29.7 Å². The summed E-state index contributed by atoms with van der Waals surface area (Å²) in [7, 11) is 3.12. The zero-order valence-corrected chi connectivity index (χ0v) is 33.2. The molecule has 1 aliphatic heterocycles. The van der Waals surface area contributed by atoms with Gasteiger partial charge in [0.1, 0.15) is 0 Å². The summed E-state index contributed by atoms with van der Waals surface area (Å²) in [5.41, 5.74) is 7.46. The third-order valence-corrected chi connectivity index (χ3v) is 11.1. The van der Waals surface area contributed by atoms with E-state index in [-0.39, 0.29) is 17.7 Å². The van der Waals surface area contributed by atoms with Crippen molar-refractivity contribution < 1.29 is 19.0 Å². The van der Waals surface area contributed by atoms with E-state index < -0.39 is 12.0 Å². The number of aromatic nitrogens is 2. The van der Waals surface area contributed by atoms with Crippen molar-refractivity contribution in [2.45, 2.75) is 13.0 Å². The molecule has 10 heteroatoms. The predicted octanol–water partition coefficient (Wildman–Crippen LogP) is 8.84. The average Bonchev–Trinajstić information content (AvgIpc) is 3.77. The Kier molecular flexibility index (Phi) is 10.4. The quantitative estimate of drug-likeness (QED) is 0.129. The summed E-state index contributed by atoms with van der Waals surface area (Å²) in [5, 5.41) is 0. The molecule has 1 atom stereocenters. The van der Waals surface area contributed by atoms with E-state index >= 15 is 4.79 Å². The second-order valence-electron chi connectivity index (χ2n) is 12.9. The molecule has 8 nitrogen and oxygen atoms in total. The van der Waals surface area contributed by atoms with Gasteiger partial charge in [0.25, 0.3) is 5.56 Å². The number of benzene rings is 5. The Balaban J connectivity index is 1.44. The molecule has 5 aromatic carbocycles. The highest BCUT2D eigenvalue weighted by molar-refractivity contribution is 9.10. The van der Waals surface area contributed by atoms with Gasteiger partial charge in [-0.2, -0.15) is 0 Å². The van der Waals surface area contributed by atoms with Gasteiger partial charge >= 0.3 is 5.97 Å². The number of hydrogen-bond donors (Lipinski definition) is 0. The SMILES string of the molecule is CCOC(=O)C1=C(c2ccccc2)N=c2s/c(=C\c3cc(-c4ccccc4)n(-c4ccc(Br)cc4)c3-c3ccccc3)c(=O)n2[C@H]1c1ccc(OC)c(OC)c1. The van der Waals surface area contributed by atoms with Crippen LogP contribution in [0.4, 0.5) is 0 Å². The Labute approximate surface area is 336 Å². The molecule has 0 amide bonds. The smallest absolute Gasteiger partial charge is 0.338 e. The molecule has 0 unspecified atom stereocenters. The van der Waals surface area contributed by atoms with Crippen LogP contribution in [0.5, 0.6) is 11.5 Å². The van der Waals surface area contributed by atoms with Crippen molar-refractivity contribution in [1.29, 1.82) is 0 Å². The number of carbonyl (C=O) groups excluding carboxylic acids is 1. The van der Waals surface area contributed by atoms with Crippen LogP contribution in [0.3, 0.4) is 0 Å². The van der Waals surface area contributed by atoms with E-state index in [9.17, 15) is 4.79 Å². The van der Waals surface area contributed by atoms with Gasteiger partial charge in [0.05, 0.1) is 54.1 Å². The molecule has 8 rings (SSSR count). The van der Waals surface area contributed by atoms with E-state index in [0.29, 0.717) is 32.1 Å². The van der Waals surface area contributed by atoms with Crippen molar-refractivity contribution >= 4 is 45.0 Å². The van der Waals surface area contributed by atoms with E-state index in [0.717, 1.165) is 43.8 Å². The summed E-state index contributed by atoms with van der Waals surface area (Å²) in [5.74, 6) is 0.421. The average molecular weight is 823 g/mol. The summed E-state index contributed by atoms with van der Waals surface area (Å²) in [6.07, 6.45) is 1.94. The Morgan fingerprint density at radius 1 is 0.786 bits per heavy atom. The van der Waals surface area contributed by atoms with Crippen molar-refractivity contribution in [2.75, 3.05) is 20.8 Å². The summed E-state index contributed by atoms with van der Waals surface area (Å²) in [6.45, 7) is 1.91. The number of hydrogen-bond acceptors (Lipinski definition) is 7. The number of thiazole rings is 1. The standard InChI is InChI=1S/C46H36BrN3O5S/c1-4-55-45(52)40-41(30-16-10-6-11-17-30)48-46-50(43(40)32-20-25-37(53-2)38(27-32)54-3)44(51)39(56-46)28-33-26-36(29-14-8-5-9-15-29)49(35-23-21-34(47)22-24-35)42(33)31-18-12-7-13-19-31/h5-28,43H,4H2,1-3H3/b39-28-/t43-/m0/s1. The van der Waals surface area contributed by atoms with Crippen molar-refractivity contribution in [1.82, 2.24) is 9.13 Å². The lowest BCUT2D eigenvalue weighted by Gasteiger charge is -2.26. The molecule has 0 saturated heterocycles. The molecule has 1 aliphatic rings. The Hall–Kier alpha value is -6.23. The highest BCUT2D eigenvalue weighted by Crippen LogP contribution is 2.40. The first-order valence-corrected chi connectivity index (χ1v) is 19.6. The van der Waals surface area contributed by atoms with Crippen molar-refractivity contribution in [3.05, 3.63) is 186 Å². The topological polar surface area (TPSA) is 84.1 Å². The van der Waals surface area contributed by atoms with Crippen molar-refractivity contribution in [3.8, 4) is 39.7 Å². The molecule has 7 aromatic rings. The van der Waals surface area contributed by atoms with Crippen LogP contribution in [0.15, 0.2) is 159 Å². The van der Waals surface area contributed by atoms with Gasteiger partial charge in [-0.1, -0.05) is 124 Å². The van der Waals surface area contributed by atoms with Crippen LogP contribution >= 0.6 is 27.3 Å². The molecule has 0 radical (unpaired) electrons. The Morgan fingerprint density at radius 2 is 1.41 bits per heavy atom. The lowest BCUT2D eigenvalue weighted by atomic mass is 9.93. The number of halogens is 1. The Morgan fingerprint density at radius 3 is 2.04 bits per heavy atom. The highest BCUT2D eigenvalue weighted by Gasteiger charge is 2.36. The third kappa shape index (κ3) is 6.82. The monoisotopic (exact) mass is 821 g/mol. The zero-order valence-electron chi connectivity index (χ0n) is 30.8. The van der Waals surface area contributed by atoms with Crippen LogP contribution in [-0.4, -0.2) is 35.9 Å². The maximum Gasteiger partial charge on any atom is 0.338 e. The molecule has 0 saturated carbocycles. The summed E-state index contributed by atoms with van der Waals surface area (Å²) >= 11 is 4.88. The largest absolute Gasteiger partial charge is 0.493 e. The van der Waals surface area contributed by atoms with Crippen LogP contribution < -0.4 is 24.4 Å². The number of ether oxygens (including phenoxy) is 3. The molecule has 0 spiro atoms. The number of carbonyl (C=O) groups is 1. The van der Waals surface area contributed by atoms with Crippen LogP contribution in [0.2, 0.25) is 0 Å². The highest BCUT2D eigenvalue weighted by atomic mass is 79.9. The number of rotatable bonds is 10. The summed E-state index contributed by atoms with van der Waals surface area (Å²) in [6, 6.07) is 44.7. The van der Waals surface area contributed by atoms with Gasteiger partial charge < -0.3 is 18.8 Å². The molecule has 2 aromatic heterocycles. The van der Waals surface area contributed by atoms with Gasteiger partial charge in [0.2, 0.25) is 0 Å². The van der Waals surface area contributed by atoms with Crippen LogP contribution in [-0.2, 0) is 9.53 Å². The van der Waals surface area contributed by atoms with Gasteiger partial charge in [-0.25, -0.2) is 9.79 Å². The lowest BCUT2D eigenvalue weighted by molar-refractivity contribution is -0.138. The molecule has 3 heterocycles. The molecule has 0 fully saturated rings. The fourth-order valence-electron chi connectivity index (χ4n) is 7.13. The van der Waals surface area contributed by atoms with Crippen LogP contribution in [0, 0.1) is 0 Å². The first kappa shape index (κ1) is 36.7. The van der Waals surface area contributed by atoms with E-state index in [4.69, 9.17) is 19.2 Å². The van der Waals surface area contributed by atoms with E-state index in [1.54, 1.807) is 37.8 Å². The summed E-state index contributed by atoms with van der Waals surface area (Å²) < 4.78 is 22.2. The van der Waals surface area contributed by atoms with Gasteiger partial charge in [0.15, 0.2) is 16.3 Å². The van der Waals surface area contributed by atoms with Gasteiger partial charge in [-0.05, 0) is 72.2 Å². The molecule has 278 valence electrons. The second kappa shape index (κ2) is 15.9. The molecule has 0 aliphatic carbocycles. The lowest BCUT2D eigenvalue weighted by Crippen LogP contribution is -2.40. The fourth-order valence-corrected chi connectivity index (χ4v) is 8.39. The maximum absolute atomic E-state index is 15.0. The molecule has 56 heavy (non-hydrogen) atoms. The number of nitrogens with zero attached hydrogens (tertiary/aromatic N) is 3. The number of methoxy groups -OCH3 is 2. The van der Waals surface area contributed by atoms with Gasteiger partial charge in [0, 0.05) is 21.3 Å². The predicted molar refractivity (Wildman–Crippen MR) is 225 cm³/mol. The fraction of sp³-hybridized carbons (Fsp3) is 0.109. The van der Waals surface area contributed by atoms with Crippen molar-refractivity contribution in [2.24, 2.45) is 4.99 Å². The first-order chi connectivity index (χ1) is 27.4. The molecule has 0 bridgehead atoms. The van der Waals surface area contributed by atoms with E-state index in [2.05, 4.69) is 63.0 Å². The minimum atomic E-state index is -0.886. The number of esters is 1. The Bertz CT molecular complexity index is 2770. The first-order valence-electron chi connectivity index (χ1n) is 18.0. The van der Waals surface area contributed by atoms with E-state index in [1.807, 2.05) is 91.0 Å². The third-order valence-electron chi connectivity index (χ3n) is 9.62. The zero-order chi connectivity index (χ0) is 38.8. The second-order valence-corrected chi connectivity index (χ2v) is 14.8. The normalized spacial score (nSPS) is 13.9. The molecular weight excluding hydrogens is 786 g/mol. The summed E-state index contributed by atoms with van der Waals surface area (Å²) in [4.78, 5) is 34.6. The van der Waals surface area contributed by atoms with Gasteiger partial charge in [-0.3, -0.25) is 9.36 Å². The van der Waals surface area contributed by atoms with Gasteiger partial charge in [-0.15, -0.1) is 0 Å². The van der Waals surface area contributed by atoms with Crippen molar-refractivity contribution in [3.63, 3.8) is 0 Å². The van der Waals surface area contributed by atoms with E-state index in [1.165, 1.54) is 11.3 Å². The minimum absolute atomic E-state index is 0.148. The number of fused-ring (bicyclic) bond motifs is 1. The molecule has 0 N–H and O–H groups in total. The molecular formula is C46H36BrN3O5S.